The van der Waals surface area contributed by atoms with Gasteiger partial charge in [0.1, 0.15) is 0 Å². The smallest absolute Gasteiger partial charge is 0.293 e. The summed E-state index contributed by atoms with van der Waals surface area (Å²) >= 11 is 0. The quantitative estimate of drug-likeness (QED) is 0.591. The van der Waals surface area contributed by atoms with Gasteiger partial charge in [-0.25, -0.2) is 0 Å². The van der Waals surface area contributed by atoms with Crippen molar-refractivity contribution >= 4 is 11.7 Å². The van der Waals surface area contributed by atoms with Gasteiger partial charge in [-0.15, -0.1) is 0 Å². The Morgan fingerprint density at radius 2 is 1.81 bits per heavy atom. The van der Waals surface area contributed by atoms with E-state index in [1.54, 1.807) is 24.3 Å². The molecule has 0 radical (unpaired) electrons. The summed E-state index contributed by atoms with van der Waals surface area (Å²) in [5.74, 6) is 4.64. The number of hydrogen-bond acceptors (Lipinski definition) is 2. The molecule has 1 aromatic rings. The molecule has 0 bridgehead atoms. The molecule has 0 heterocycles. The first-order valence-corrected chi connectivity index (χ1v) is 5.12. The van der Waals surface area contributed by atoms with Crippen LogP contribution < -0.4 is 5.73 Å². The van der Waals surface area contributed by atoms with Crippen LogP contribution in [-0.2, 0) is 4.79 Å². The summed E-state index contributed by atoms with van der Waals surface area (Å²) in [4.78, 5) is 22.1. The van der Waals surface area contributed by atoms with Crippen LogP contribution in [0, 0.1) is 17.8 Å². The van der Waals surface area contributed by atoms with E-state index in [1.165, 1.54) is 0 Å². The van der Waals surface area contributed by atoms with Gasteiger partial charge in [0.25, 0.3) is 5.91 Å². The van der Waals surface area contributed by atoms with Gasteiger partial charge in [-0.3, -0.25) is 9.59 Å². The Morgan fingerprint density at radius 1 is 1.19 bits per heavy atom. The molecule has 1 fully saturated rings. The number of benzene rings is 1. The summed E-state index contributed by atoms with van der Waals surface area (Å²) in [5, 5.41) is 0. The highest BCUT2D eigenvalue weighted by molar-refractivity contribution is 5.99. The Hall–Kier alpha value is -2.08. The minimum atomic E-state index is -0.655. The summed E-state index contributed by atoms with van der Waals surface area (Å²) in [6, 6.07) is 6.94. The molecule has 0 saturated heterocycles. The molecule has 1 aliphatic carbocycles. The molecular weight excluding hydrogens is 202 g/mol. The van der Waals surface area contributed by atoms with Crippen LogP contribution in [0.3, 0.4) is 0 Å². The van der Waals surface area contributed by atoms with Gasteiger partial charge in [0.2, 0.25) is 0 Å². The lowest BCUT2D eigenvalue weighted by atomic mass is 10.1. The highest BCUT2D eigenvalue weighted by Crippen LogP contribution is 2.32. The van der Waals surface area contributed by atoms with E-state index in [-0.39, 0.29) is 11.7 Å². The molecule has 1 aromatic carbocycles. The maximum atomic E-state index is 11.7. The topological polar surface area (TPSA) is 60.2 Å². The first-order valence-electron chi connectivity index (χ1n) is 5.12. The van der Waals surface area contributed by atoms with Crippen LogP contribution in [0.15, 0.2) is 24.3 Å². The Morgan fingerprint density at radius 3 is 2.31 bits per heavy atom. The number of amides is 1. The van der Waals surface area contributed by atoms with E-state index in [9.17, 15) is 9.59 Å². The molecule has 16 heavy (non-hydrogen) atoms. The minimum absolute atomic E-state index is 0.203. The van der Waals surface area contributed by atoms with Crippen molar-refractivity contribution < 1.29 is 9.59 Å². The fraction of sp³-hybridized carbons (Fsp3) is 0.231. The standard InChI is InChI=1S/C13H11NO2/c14-12(15)8-3-9-1-4-10(5-2-9)13(16)11-6-7-11/h1-2,4-5,11H,6-7H2,(H2,14,15). The Bertz CT molecular complexity index is 487. The average molecular weight is 213 g/mol. The van der Waals surface area contributed by atoms with Gasteiger partial charge in [-0.2, -0.15) is 0 Å². The van der Waals surface area contributed by atoms with Gasteiger partial charge in [0.05, 0.1) is 0 Å². The van der Waals surface area contributed by atoms with Gasteiger partial charge in [0, 0.05) is 17.0 Å². The number of ketones is 1. The van der Waals surface area contributed by atoms with Crippen LogP contribution in [0.5, 0.6) is 0 Å². The van der Waals surface area contributed by atoms with Gasteiger partial charge in [-0.05, 0) is 30.9 Å². The van der Waals surface area contributed by atoms with Crippen LogP contribution in [0.25, 0.3) is 0 Å². The predicted molar refractivity (Wildman–Crippen MR) is 59.6 cm³/mol. The zero-order valence-electron chi connectivity index (χ0n) is 8.69. The fourth-order valence-electron chi connectivity index (χ4n) is 1.43. The summed E-state index contributed by atoms with van der Waals surface area (Å²) < 4.78 is 0. The number of carbonyl (C=O) groups excluding carboxylic acids is 2. The molecule has 2 rings (SSSR count). The SMILES string of the molecule is NC(=O)C#Cc1ccc(C(=O)C2CC2)cc1. The summed E-state index contributed by atoms with van der Waals surface area (Å²) in [6.45, 7) is 0. The Balaban J connectivity index is 2.13. The number of primary amides is 1. The van der Waals surface area contributed by atoms with E-state index in [4.69, 9.17) is 5.73 Å². The largest absolute Gasteiger partial charge is 0.359 e. The van der Waals surface area contributed by atoms with Crippen molar-refractivity contribution in [2.45, 2.75) is 12.8 Å². The molecule has 1 amide bonds. The van der Waals surface area contributed by atoms with Crippen molar-refractivity contribution in [3.8, 4) is 11.8 Å². The van der Waals surface area contributed by atoms with E-state index in [0.717, 1.165) is 12.8 Å². The summed E-state index contributed by atoms with van der Waals surface area (Å²) in [7, 11) is 0. The molecule has 80 valence electrons. The zero-order chi connectivity index (χ0) is 11.5. The normalized spacial score (nSPS) is 13.8. The summed E-state index contributed by atoms with van der Waals surface area (Å²) in [6.07, 6.45) is 2.00. The highest BCUT2D eigenvalue weighted by Gasteiger charge is 2.30. The van der Waals surface area contributed by atoms with Gasteiger partial charge < -0.3 is 5.73 Å². The molecular formula is C13H11NO2. The third kappa shape index (κ3) is 2.48. The molecule has 0 unspecified atom stereocenters. The van der Waals surface area contributed by atoms with Crippen LogP contribution >= 0.6 is 0 Å². The second kappa shape index (κ2) is 4.19. The lowest BCUT2D eigenvalue weighted by Crippen LogP contribution is -2.06. The molecule has 1 saturated carbocycles. The molecule has 0 spiro atoms. The molecule has 3 nitrogen and oxygen atoms in total. The summed E-state index contributed by atoms with van der Waals surface area (Å²) in [5.41, 5.74) is 6.30. The van der Waals surface area contributed by atoms with Crippen molar-refractivity contribution in [1.29, 1.82) is 0 Å². The van der Waals surface area contributed by atoms with Crippen LogP contribution in [0.2, 0.25) is 0 Å². The monoisotopic (exact) mass is 213 g/mol. The van der Waals surface area contributed by atoms with E-state index in [0.29, 0.717) is 11.1 Å². The maximum absolute atomic E-state index is 11.7. The number of hydrogen-bond donors (Lipinski definition) is 1. The second-order valence-electron chi connectivity index (χ2n) is 3.83. The van der Waals surface area contributed by atoms with Crippen LogP contribution in [0.1, 0.15) is 28.8 Å². The molecule has 3 heteroatoms. The molecule has 0 aliphatic heterocycles. The third-order valence-electron chi connectivity index (χ3n) is 2.45. The van der Waals surface area contributed by atoms with Gasteiger partial charge >= 0.3 is 0 Å². The Labute approximate surface area is 93.6 Å². The van der Waals surface area contributed by atoms with Crippen molar-refractivity contribution in [2.75, 3.05) is 0 Å². The second-order valence-corrected chi connectivity index (χ2v) is 3.83. The van der Waals surface area contributed by atoms with E-state index in [2.05, 4.69) is 11.8 Å². The minimum Gasteiger partial charge on any atom is -0.359 e. The molecule has 2 N–H and O–H groups in total. The molecule has 0 aromatic heterocycles. The predicted octanol–water partition coefficient (Wildman–Crippen LogP) is 1.12. The highest BCUT2D eigenvalue weighted by atomic mass is 16.1. The van der Waals surface area contributed by atoms with Crippen LogP contribution in [0.4, 0.5) is 0 Å². The number of Topliss-reactive ketones (excluding diaryl/α,β-unsaturated/α-hetero) is 1. The third-order valence-corrected chi connectivity index (χ3v) is 2.45. The fourth-order valence-corrected chi connectivity index (χ4v) is 1.43. The van der Waals surface area contributed by atoms with Gasteiger partial charge in [0.15, 0.2) is 5.78 Å². The first-order chi connectivity index (χ1) is 7.66. The van der Waals surface area contributed by atoms with E-state index in [1.807, 2.05) is 0 Å². The number of nitrogens with two attached hydrogens (primary N) is 1. The van der Waals surface area contributed by atoms with E-state index < -0.39 is 5.91 Å². The van der Waals surface area contributed by atoms with Crippen molar-refractivity contribution in [2.24, 2.45) is 11.7 Å². The van der Waals surface area contributed by atoms with E-state index >= 15 is 0 Å². The number of rotatable bonds is 2. The maximum Gasteiger partial charge on any atom is 0.293 e. The Kier molecular flexibility index (Phi) is 2.74. The van der Waals surface area contributed by atoms with Gasteiger partial charge in [-0.1, -0.05) is 18.1 Å². The van der Waals surface area contributed by atoms with Crippen molar-refractivity contribution in [3.63, 3.8) is 0 Å². The number of carbonyl (C=O) groups is 2. The lowest BCUT2D eigenvalue weighted by molar-refractivity contribution is -0.112. The molecule has 1 aliphatic rings. The average Bonchev–Trinajstić information content (AvgIpc) is 3.10. The van der Waals surface area contributed by atoms with Crippen LogP contribution in [-0.4, -0.2) is 11.7 Å². The zero-order valence-corrected chi connectivity index (χ0v) is 8.69. The van der Waals surface area contributed by atoms with Crippen molar-refractivity contribution in [1.82, 2.24) is 0 Å². The first kappa shape index (κ1) is 10.4. The van der Waals surface area contributed by atoms with Crippen molar-refractivity contribution in [3.05, 3.63) is 35.4 Å². The lowest BCUT2D eigenvalue weighted by Gasteiger charge is -1.98. The molecule has 0 atom stereocenters.